The molecule has 0 atom stereocenters. The van der Waals surface area contributed by atoms with Crippen LogP contribution >= 0.6 is 0 Å². The summed E-state index contributed by atoms with van der Waals surface area (Å²) in [6, 6.07) is 6.05. The standard InChI is InChI=1S/C24H31NO3/c1-4-9-20(5-2)18-28-24-16-22(17-25-14-15-26-3)12-13-23(24)27-19-21-10-7-6-8-11-21/h4-5,7,9-13,16,25H,1-2,6,8,14-15,17-19H2,3H3/b20-9+. The first-order chi connectivity index (χ1) is 13.8. The molecule has 0 spiro atoms. The van der Waals surface area contributed by atoms with E-state index in [1.165, 1.54) is 5.57 Å². The number of nitrogens with one attached hydrogen (secondary N) is 1. The van der Waals surface area contributed by atoms with Gasteiger partial charge in [0.2, 0.25) is 0 Å². The lowest BCUT2D eigenvalue weighted by molar-refractivity contribution is 0.199. The monoisotopic (exact) mass is 381 g/mol. The molecule has 0 bridgehead atoms. The number of rotatable bonds is 13. The first-order valence-electron chi connectivity index (χ1n) is 9.64. The third-order valence-electron chi connectivity index (χ3n) is 4.27. The van der Waals surface area contributed by atoms with Gasteiger partial charge in [0, 0.05) is 20.2 Å². The fourth-order valence-corrected chi connectivity index (χ4v) is 2.72. The molecule has 150 valence electrons. The van der Waals surface area contributed by atoms with E-state index >= 15 is 0 Å². The summed E-state index contributed by atoms with van der Waals surface area (Å²) in [7, 11) is 1.70. The second kappa shape index (κ2) is 12.8. The van der Waals surface area contributed by atoms with Crippen LogP contribution in [-0.2, 0) is 11.3 Å². The number of allylic oxidation sites excluding steroid dienone is 4. The van der Waals surface area contributed by atoms with E-state index in [4.69, 9.17) is 14.2 Å². The minimum Gasteiger partial charge on any atom is -0.485 e. The zero-order valence-electron chi connectivity index (χ0n) is 16.8. The van der Waals surface area contributed by atoms with Gasteiger partial charge in [-0.05, 0) is 41.7 Å². The van der Waals surface area contributed by atoms with Crippen LogP contribution in [0.3, 0.4) is 0 Å². The highest BCUT2D eigenvalue weighted by molar-refractivity contribution is 5.44. The van der Waals surface area contributed by atoms with Crippen molar-refractivity contribution >= 4 is 0 Å². The summed E-state index contributed by atoms with van der Waals surface area (Å²) in [5, 5.41) is 3.35. The third kappa shape index (κ3) is 7.59. The Kier molecular flexibility index (Phi) is 9.91. The Labute approximate surface area is 168 Å². The van der Waals surface area contributed by atoms with E-state index in [9.17, 15) is 0 Å². The highest BCUT2D eigenvalue weighted by atomic mass is 16.5. The molecule has 0 aliphatic heterocycles. The van der Waals surface area contributed by atoms with Gasteiger partial charge in [-0.2, -0.15) is 0 Å². The molecule has 1 aromatic rings. The minimum absolute atomic E-state index is 0.412. The van der Waals surface area contributed by atoms with Gasteiger partial charge >= 0.3 is 0 Å². The van der Waals surface area contributed by atoms with Crippen molar-refractivity contribution in [2.45, 2.75) is 19.4 Å². The Hall–Kier alpha value is -2.56. The summed E-state index contributed by atoms with van der Waals surface area (Å²) in [5.41, 5.74) is 3.28. The summed E-state index contributed by atoms with van der Waals surface area (Å²) in [5.74, 6) is 1.46. The van der Waals surface area contributed by atoms with Gasteiger partial charge in [-0.3, -0.25) is 0 Å². The molecule has 0 radical (unpaired) electrons. The highest BCUT2D eigenvalue weighted by Gasteiger charge is 2.09. The van der Waals surface area contributed by atoms with E-state index < -0.39 is 0 Å². The zero-order valence-corrected chi connectivity index (χ0v) is 16.8. The fourth-order valence-electron chi connectivity index (χ4n) is 2.72. The predicted molar refractivity (Wildman–Crippen MR) is 116 cm³/mol. The normalized spacial score (nSPS) is 13.8. The first-order valence-corrected chi connectivity index (χ1v) is 9.64. The van der Waals surface area contributed by atoms with E-state index in [1.54, 1.807) is 19.3 Å². The molecule has 28 heavy (non-hydrogen) atoms. The van der Waals surface area contributed by atoms with E-state index in [2.05, 4.69) is 42.8 Å². The number of benzene rings is 1. The highest BCUT2D eigenvalue weighted by Crippen LogP contribution is 2.30. The lowest BCUT2D eigenvalue weighted by Gasteiger charge is -2.16. The molecular formula is C24H31NO3. The van der Waals surface area contributed by atoms with Crippen LogP contribution in [0.15, 0.2) is 79.0 Å². The Morgan fingerprint density at radius 1 is 1.18 bits per heavy atom. The SMILES string of the molecule is C=C/C=C(\C=C)COc1cc(CNCCOC)ccc1OCC1=CCCC=C1. The molecule has 1 aliphatic carbocycles. The zero-order chi connectivity index (χ0) is 20.0. The molecule has 0 aromatic heterocycles. The van der Waals surface area contributed by atoms with Gasteiger partial charge in [-0.15, -0.1) is 0 Å². The molecule has 0 amide bonds. The van der Waals surface area contributed by atoms with E-state index in [1.807, 2.05) is 18.2 Å². The molecule has 1 aliphatic rings. The molecule has 0 saturated carbocycles. The van der Waals surface area contributed by atoms with Gasteiger partial charge in [0.05, 0.1) is 6.61 Å². The molecule has 1 aromatic carbocycles. The number of methoxy groups -OCH3 is 1. The molecule has 4 heteroatoms. The minimum atomic E-state index is 0.412. The van der Waals surface area contributed by atoms with Gasteiger partial charge in [-0.1, -0.05) is 55.7 Å². The molecule has 1 N–H and O–H groups in total. The van der Waals surface area contributed by atoms with E-state index in [-0.39, 0.29) is 0 Å². The Bertz CT molecular complexity index is 731. The smallest absolute Gasteiger partial charge is 0.162 e. The molecule has 0 heterocycles. The van der Waals surface area contributed by atoms with E-state index in [0.717, 1.165) is 48.6 Å². The summed E-state index contributed by atoms with van der Waals surface area (Å²) >= 11 is 0. The van der Waals surface area contributed by atoms with Crippen LogP contribution in [0.5, 0.6) is 11.5 Å². The largest absolute Gasteiger partial charge is 0.485 e. The van der Waals surface area contributed by atoms with Crippen molar-refractivity contribution in [1.29, 1.82) is 0 Å². The van der Waals surface area contributed by atoms with Crippen LogP contribution in [-0.4, -0.2) is 33.5 Å². The van der Waals surface area contributed by atoms with Crippen molar-refractivity contribution < 1.29 is 14.2 Å². The lowest BCUT2D eigenvalue weighted by atomic mass is 10.1. The van der Waals surface area contributed by atoms with Crippen molar-refractivity contribution in [2.75, 3.05) is 33.5 Å². The maximum absolute atomic E-state index is 6.05. The first kappa shape index (κ1) is 21.7. The Morgan fingerprint density at radius 3 is 2.79 bits per heavy atom. The predicted octanol–water partition coefficient (Wildman–Crippen LogP) is 4.76. The van der Waals surface area contributed by atoms with Crippen molar-refractivity contribution in [3.63, 3.8) is 0 Å². The van der Waals surface area contributed by atoms with Gasteiger partial charge in [0.15, 0.2) is 11.5 Å². The van der Waals surface area contributed by atoms with Gasteiger partial charge in [0.1, 0.15) is 13.2 Å². The number of hydrogen-bond donors (Lipinski definition) is 1. The average molecular weight is 382 g/mol. The quantitative estimate of drug-likeness (QED) is 0.395. The van der Waals surface area contributed by atoms with Crippen LogP contribution < -0.4 is 14.8 Å². The molecule has 2 rings (SSSR count). The van der Waals surface area contributed by atoms with Crippen molar-refractivity contribution in [2.24, 2.45) is 0 Å². The molecule has 0 fully saturated rings. The van der Waals surface area contributed by atoms with Gasteiger partial charge in [0.25, 0.3) is 0 Å². The van der Waals surface area contributed by atoms with Crippen LogP contribution in [0.1, 0.15) is 18.4 Å². The van der Waals surface area contributed by atoms with Crippen LogP contribution in [0, 0.1) is 0 Å². The maximum atomic E-state index is 6.05. The van der Waals surface area contributed by atoms with E-state index in [0.29, 0.717) is 19.8 Å². The van der Waals surface area contributed by atoms with Gasteiger partial charge < -0.3 is 19.5 Å². The Morgan fingerprint density at radius 2 is 2.07 bits per heavy atom. The summed E-state index contributed by atoms with van der Waals surface area (Å²) < 4.78 is 17.2. The second-order valence-electron chi connectivity index (χ2n) is 6.47. The second-order valence-corrected chi connectivity index (χ2v) is 6.47. The molecular weight excluding hydrogens is 350 g/mol. The Balaban J connectivity index is 2.08. The van der Waals surface area contributed by atoms with Crippen LogP contribution in [0.2, 0.25) is 0 Å². The summed E-state index contributed by atoms with van der Waals surface area (Å²) in [4.78, 5) is 0. The third-order valence-corrected chi connectivity index (χ3v) is 4.27. The summed E-state index contributed by atoms with van der Waals surface area (Å²) in [6.07, 6.45) is 14.1. The van der Waals surface area contributed by atoms with Gasteiger partial charge in [-0.25, -0.2) is 0 Å². The van der Waals surface area contributed by atoms with Crippen LogP contribution in [0.25, 0.3) is 0 Å². The van der Waals surface area contributed by atoms with Crippen molar-refractivity contribution in [1.82, 2.24) is 5.32 Å². The van der Waals surface area contributed by atoms with Crippen molar-refractivity contribution in [3.8, 4) is 11.5 Å². The van der Waals surface area contributed by atoms with Crippen LogP contribution in [0.4, 0.5) is 0 Å². The molecule has 0 unspecified atom stereocenters. The molecule has 0 saturated heterocycles. The lowest BCUT2D eigenvalue weighted by Crippen LogP contribution is -2.18. The summed E-state index contributed by atoms with van der Waals surface area (Å²) in [6.45, 7) is 10.7. The molecule has 4 nitrogen and oxygen atoms in total. The van der Waals surface area contributed by atoms with Crippen molar-refractivity contribution in [3.05, 3.63) is 84.5 Å². The topological polar surface area (TPSA) is 39.7 Å². The fraction of sp³-hybridized carbons (Fsp3) is 0.333. The number of ether oxygens (including phenoxy) is 3. The number of hydrogen-bond acceptors (Lipinski definition) is 4. The average Bonchev–Trinajstić information content (AvgIpc) is 2.74. The maximum Gasteiger partial charge on any atom is 0.162 e.